The third-order valence-corrected chi connectivity index (χ3v) is 4.89. The summed E-state index contributed by atoms with van der Waals surface area (Å²) >= 11 is 0. The molecule has 0 aromatic carbocycles. The molecule has 1 aliphatic heterocycles. The molecule has 2 fully saturated rings. The molecule has 7 N–H and O–H groups in total. The van der Waals surface area contributed by atoms with Gasteiger partial charge in [0.2, 0.25) is 0 Å². The number of ether oxygens (including phenoxy) is 3. The highest BCUT2D eigenvalue weighted by Gasteiger charge is 2.45. The third-order valence-electron chi connectivity index (χ3n) is 4.89. The smallest absolute Gasteiger partial charge is 0.173 e. The zero-order chi connectivity index (χ0) is 17.0. The molecular weight excluding hydrogens is 300 g/mol. The standard InChI is InChI=1S/C15H32N4O4/c1-18-7-8-4-5-9(16)15(22-8)23-14-10(17)6-11(21-3)12(19-2)13(14)20/h8-15,18-20H,4-7,16-17H2,1-3H3/t8-,9+,10-,11+,12+,13+,14-,15-/m1/s1. The average molecular weight is 332 g/mol. The van der Waals surface area contributed by atoms with E-state index in [0.29, 0.717) is 6.42 Å². The number of nitrogens with two attached hydrogens (primary N) is 2. The van der Waals surface area contributed by atoms with Crippen molar-refractivity contribution in [2.45, 2.75) is 68.1 Å². The lowest BCUT2D eigenvalue weighted by Gasteiger charge is -2.45. The van der Waals surface area contributed by atoms with Crippen molar-refractivity contribution in [3.05, 3.63) is 0 Å². The van der Waals surface area contributed by atoms with Crippen molar-refractivity contribution < 1.29 is 19.3 Å². The van der Waals surface area contributed by atoms with Crippen molar-refractivity contribution in [1.82, 2.24) is 10.6 Å². The summed E-state index contributed by atoms with van der Waals surface area (Å²) in [4.78, 5) is 0. The molecule has 8 nitrogen and oxygen atoms in total. The second-order valence-corrected chi connectivity index (χ2v) is 6.50. The number of hydrogen-bond donors (Lipinski definition) is 5. The monoisotopic (exact) mass is 332 g/mol. The Hall–Kier alpha value is -0.320. The van der Waals surface area contributed by atoms with Gasteiger partial charge >= 0.3 is 0 Å². The summed E-state index contributed by atoms with van der Waals surface area (Å²) in [7, 11) is 5.30. The van der Waals surface area contributed by atoms with Gasteiger partial charge in [-0.1, -0.05) is 0 Å². The van der Waals surface area contributed by atoms with Crippen LogP contribution in [0.15, 0.2) is 0 Å². The van der Waals surface area contributed by atoms with E-state index < -0.39 is 18.5 Å². The molecule has 0 spiro atoms. The number of hydrogen-bond acceptors (Lipinski definition) is 8. The predicted octanol–water partition coefficient (Wildman–Crippen LogP) is -1.88. The van der Waals surface area contributed by atoms with Gasteiger partial charge in [0.1, 0.15) is 6.10 Å². The van der Waals surface area contributed by atoms with Crippen molar-refractivity contribution in [2.75, 3.05) is 27.7 Å². The molecular formula is C15H32N4O4. The lowest BCUT2D eigenvalue weighted by Crippen LogP contribution is -2.65. The van der Waals surface area contributed by atoms with E-state index in [-0.39, 0.29) is 30.3 Å². The minimum absolute atomic E-state index is 0.0635. The largest absolute Gasteiger partial charge is 0.389 e. The molecule has 2 rings (SSSR count). The Morgan fingerprint density at radius 1 is 1.22 bits per heavy atom. The van der Waals surface area contributed by atoms with Crippen LogP contribution >= 0.6 is 0 Å². The van der Waals surface area contributed by atoms with Crippen LogP contribution in [0.5, 0.6) is 0 Å². The van der Waals surface area contributed by atoms with Gasteiger partial charge in [-0.15, -0.1) is 0 Å². The number of aliphatic hydroxyl groups is 1. The van der Waals surface area contributed by atoms with Gasteiger partial charge in [-0.05, 0) is 33.4 Å². The third kappa shape index (κ3) is 4.40. The topological polar surface area (TPSA) is 124 Å². The number of methoxy groups -OCH3 is 1. The molecule has 23 heavy (non-hydrogen) atoms. The van der Waals surface area contributed by atoms with Crippen molar-refractivity contribution in [3.8, 4) is 0 Å². The second-order valence-electron chi connectivity index (χ2n) is 6.50. The van der Waals surface area contributed by atoms with E-state index in [1.165, 1.54) is 0 Å². The molecule has 0 radical (unpaired) electrons. The summed E-state index contributed by atoms with van der Waals surface area (Å²) in [6, 6.07) is -0.784. The minimum Gasteiger partial charge on any atom is -0.389 e. The highest BCUT2D eigenvalue weighted by Crippen LogP contribution is 2.27. The van der Waals surface area contributed by atoms with Gasteiger partial charge < -0.3 is 41.4 Å². The normalized spacial score (nSPS) is 45.1. The van der Waals surface area contributed by atoms with Crippen molar-refractivity contribution in [2.24, 2.45) is 11.5 Å². The first kappa shape index (κ1) is 19.0. The van der Waals surface area contributed by atoms with E-state index in [9.17, 15) is 5.11 Å². The number of aliphatic hydroxyl groups excluding tert-OH is 1. The average Bonchev–Trinajstić information content (AvgIpc) is 2.53. The van der Waals surface area contributed by atoms with Crippen LogP contribution in [0.25, 0.3) is 0 Å². The maximum absolute atomic E-state index is 10.6. The molecule has 0 amide bonds. The molecule has 0 aromatic rings. The first-order chi connectivity index (χ1) is 11.0. The Morgan fingerprint density at radius 3 is 2.57 bits per heavy atom. The summed E-state index contributed by atoms with van der Waals surface area (Å²) in [5.41, 5.74) is 12.3. The second kappa shape index (κ2) is 8.68. The van der Waals surface area contributed by atoms with E-state index in [1.807, 2.05) is 7.05 Å². The lowest BCUT2D eigenvalue weighted by atomic mass is 9.84. The molecule has 0 bridgehead atoms. The summed E-state index contributed by atoms with van der Waals surface area (Å²) < 4.78 is 17.4. The summed E-state index contributed by atoms with van der Waals surface area (Å²) in [6.45, 7) is 0.747. The van der Waals surface area contributed by atoms with Gasteiger partial charge in [0.15, 0.2) is 6.29 Å². The van der Waals surface area contributed by atoms with Crippen LogP contribution < -0.4 is 22.1 Å². The highest BCUT2D eigenvalue weighted by atomic mass is 16.7. The fraction of sp³-hybridized carbons (Fsp3) is 1.00. The van der Waals surface area contributed by atoms with Gasteiger partial charge in [0, 0.05) is 19.7 Å². The van der Waals surface area contributed by atoms with Gasteiger partial charge in [0.05, 0.1) is 30.4 Å². The van der Waals surface area contributed by atoms with Crippen LogP contribution in [-0.2, 0) is 14.2 Å². The predicted molar refractivity (Wildman–Crippen MR) is 86.9 cm³/mol. The first-order valence-corrected chi connectivity index (χ1v) is 8.36. The molecule has 1 saturated heterocycles. The number of nitrogens with one attached hydrogen (secondary N) is 2. The number of rotatable bonds is 6. The van der Waals surface area contributed by atoms with Crippen molar-refractivity contribution in [1.29, 1.82) is 0 Å². The van der Waals surface area contributed by atoms with Gasteiger partial charge in [-0.25, -0.2) is 0 Å². The van der Waals surface area contributed by atoms with Crippen LogP contribution in [0.2, 0.25) is 0 Å². The zero-order valence-corrected chi connectivity index (χ0v) is 14.3. The van der Waals surface area contributed by atoms with Crippen molar-refractivity contribution in [3.63, 3.8) is 0 Å². The SMILES string of the molecule is CNC[C@H]1CC[C@H](N)[C@@H](O[C@H]2[C@@H](O)[C@@H](NC)[C@@H](OC)C[C@H]2N)O1. The molecule has 1 aliphatic carbocycles. The van der Waals surface area contributed by atoms with E-state index in [1.54, 1.807) is 14.2 Å². The molecule has 0 aromatic heterocycles. The summed E-state index contributed by atoms with van der Waals surface area (Å²) in [5.74, 6) is 0. The van der Waals surface area contributed by atoms with E-state index in [2.05, 4.69) is 10.6 Å². The molecule has 136 valence electrons. The highest BCUT2D eigenvalue weighted by molar-refractivity contribution is 5.00. The zero-order valence-electron chi connectivity index (χ0n) is 14.3. The maximum atomic E-state index is 10.6. The fourth-order valence-corrected chi connectivity index (χ4v) is 3.55. The molecule has 0 unspecified atom stereocenters. The van der Waals surface area contributed by atoms with Gasteiger partial charge in [0.25, 0.3) is 0 Å². The van der Waals surface area contributed by atoms with Crippen LogP contribution in [0.3, 0.4) is 0 Å². The van der Waals surface area contributed by atoms with E-state index in [0.717, 1.165) is 19.4 Å². The molecule has 1 saturated carbocycles. The number of likely N-dealkylation sites (N-methyl/N-ethyl adjacent to an activating group) is 2. The summed E-state index contributed by atoms with van der Waals surface area (Å²) in [5, 5.41) is 16.8. The Balaban J connectivity index is 2.02. The molecule has 8 heteroatoms. The van der Waals surface area contributed by atoms with E-state index in [4.69, 9.17) is 25.7 Å². The first-order valence-electron chi connectivity index (χ1n) is 8.36. The Kier molecular flexibility index (Phi) is 7.18. The Bertz CT molecular complexity index is 362. The Morgan fingerprint density at radius 2 is 1.96 bits per heavy atom. The minimum atomic E-state index is -0.783. The van der Waals surface area contributed by atoms with Crippen LogP contribution in [-0.4, -0.2) is 81.7 Å². The van der Waals surface area contributed by atoms with Gasteiger partial charge in [-0.3, -0.25) is 0 Å². The lowest BCUT2D eigenvalue weighted by molar-refractivity contribution is -0.250. The molecule has 2 aliphatic rings. The van der Waals surface area contributed by atoms with E-state index >= 15 is 0 Å². The van der Waals surface area contributed by atoms with Crippen molar-refractivity contribution >= 4 is 0 Å². The van der Waals surface area contributed by atoms with Gasteiger partial charge in [-0.2, -0.15) is 0 Å². The molecule has 8 atom stereocenters. The van der Waals surface area contributed by atoms with Crippen LogP contribution in [0, 0.1) is 0 Å². The quantitative estimate of drug-likeness (QED) is 0.383. The molecule has 1 heterocycles. The van der Waals surface area contributed by atoms with Crippen LogP contribution in [0.1, 0.15) is 19.3 Å². The fourth-order valence-electron chi connectivity index (χ4n) is 3.55. The Labute approximate surface area is 138 Å². The van der Waals surface area contributed by atoms with Crippen LogP contribution in [0.4, 0.5) is 0 Å². The summed E-state index contributed by atoms with van der Waals surface area (Å²) in [6.07, 6.45) is 0.362. The maximum Gasteiger partial charge on any atom is 0.173 e.